The number of nitrogens with zero attached hydrogens (tertiary/aromatic N) is 1. The fourth-order valence-corrected chi connectivity index (χ4v) is 3.17. The summed E-state index contributed by atoms with van der Waals surface area (Å²) in [5, 5.41) is 12.3. The van der Waals surface area contributed by atoms with Crippen molar-refractivity contribution >= 4 is 22.5 Å². The van der Waals surface area contributed by atoms with Crippen LogP contribution in [0.4, 0.5) is 0 Å². The van der Waals surface area contributed by atoms with Gasteiger partial charge in [-0.3, -0.25) is 4.79 Å². The van der Waals surface area contributed by atoms with Crippen molar-refractivity contribution in [3.05, 3.63) is 64.6 Å². The second kappa shape index (κ2) is 5.30. The van der Waals surface area contributed by atoms with Crippen molar-refractivity contribution < 1.29 is 5.11 Å². The van der Waals surface area contributed by atoms with E-state index in [4.69, 9.17) is 0 Å². The number of benzene rings is 2. The fraction of sp³-hybridized carbons (Fsp3) is 0.118. The van der Waals surface area contributed by atoms with Gasteiger partial charge in [0, 0.05) is 23.7 Å². The molecule has 0 saturated heterocycles. The highest BCUT2D eigenvalue weighted by molar-refractivity contribution is 7.99. The van der Waals surface area contributed by atoms with Crippen molar-refractivity contribution in [3.63, 3.8) is 0 Å². The van der Waals surface area contributed by atoms with Gasteiger partial charge in [-0.2, -0.15) is 0 Å². The maximum absolute atomic E-state index is 12.3. The van der Waals surface area contributed by atoms with Gasteiger partial charge in [0.1, 0.15) is 10.6 Å². The third-order valence-corrected chi connectivity index (χ3v) is 4.62. The lowest BCUT2D eigenvalue weighted by atomic mass is 10.1. The van der Waals surface area contributed by atoms with Gasteiger partial charge in [-0.15, -0.1) is 0 Å². The summed E-state index contributed by atoms with van der Waals surface area (Å²) in [7, 11) is 1.71. The summed E-state index contributed by atoms with van der Waals surface area (Å²) in [6, 6.07) is 15.7. The van der Waals surface area contributed by atoms with Crippen molar-refractivity contribution in [2.75, 3.05) is 0 Å². The van der Waals surface area contributed by atoms with Crippen LogP contribution in [0.1, 0.15) is 5.69 Å². The van der Waals surface area contributed by atoms with Crippen molar-refractivity contribution in [2.24, 2.45) is 7.05 Å². The molecule has 0 saturated carbocycles. The standard InChI is InChI=1S/C17H15NO2S/c1-11-9-15(19)16(17(20)18(11)2)21-14-8-7-12-5-3-4-6-13(12)10-14/h3-10,19H,1-2H3. The number of pyridine rings is 1. The summed E-state index contributed by atoms with van der Waals surface area (Å²) in [4.78, 5) is 13.6. The zero-order chi connectivity index (χ0) is 15.0. The summed E-state index contributed by atoms with van der Waals surface area (Å²) >= 11 is 1.30. The minimum Gasteiger partial charge on any atom is -0.506 e. The summed E-state index contributed by atoms with van der Waals surface area (Å²) in [6.45, 7) is 1.80. The number of aromatic nitrogens is 1. The molecular weight excluding hydrogens is 282 g/mol. The van der Waals surface area contributed by atoms with E-state index in [1.54, 1.807) is 24.6 Å². The molecule has 21 heavy (non-hydrogen) atoms. The third kappa shape index (κ3) is 2.54. The summed E-state index contributed by atoms with van der Waals surface area (Å²) in [5.41, 5.74) is 0.561. The van der Waals surface area contributed by atoms with Crippen molar-refractivity contribution in [2.45, 2.75) is 16.7 Å². The number of rotatable bonds is 2. The molecule has 3 aromatic rings. The first kappa shape index (κ1) is 13.8. The van der Waals surface area contributed by atoms with Crippen molar-refractivity contribution in [1.82, 2.24) is 4.57 Å². The molecule has 0 fully saturated rings. The summed E-state index contributed by atoms with van der Waals surface area (Å²) in [6.07, 6.45) is 0. The predicted octanol–water partition coefficient (Wildman–Crippen LogP) is 3.70. The van der Waals surface area contributed by atoms with Gasteiger partial charge in [0.25, 0.3) is 5.56 Å². The van der Waals surface area contributed by atoms with Crippen LogP contribution in [0.5, 0.6) is 5.75 Å². The van der Waals surface area contributed by atoms with Crippen LogP contribution in [0.15, 0.2) is 63.1 Å². The van der Waals surface area contributed by atoms with E-state index in [0.29, 0.717) is 4.90 Å². The molecule has 0 spiro atoms. The lowest BCUT2D eigenvalue weighted by Crippen LogP contribution is -2.20. The maximum atomic E-state index is 12.3. The Labute approximate surface area is 126 Å². The molecular formula is C17H15NO2S. The van der Waals surface area contributed by atoms with Gasteiger partial charge in [0.15, 0.2) is 0 Å². The Kier molecular flexibility index (Phi) is 3.47. The maximum Gasteiger partial charge on any atom is 0.268 e. The Morgan fingerprint density at radius 3 is 2.52 bits per heavy atom. The third-order valence-electron chi connectivity index (χ3n) is 3.55. The molecule has 0 unspecified atom stereocenters. The quantitative estimate of drug-likeness (QED) is 0.784. The monoisotopic (exact) mass is 297 g/mol. The highest BCUT2D eigenvalue weighted by atomic mass is 32.2. The molecule has 0 aliphatic carbocycles. The zero-order valence-corrected chi connectivity index (χ0v) is 12.6. The second-order valence-electron chi connectivity index (χ2n) is 4.98. The average Bonchev–Trinajstić information content (AvgIpc) is 2.49. The van der Waals surface area contributed by atoms with Crippen LogP contribution in [0, 0.1) is 6.92 Å². The Hall–Kier alpha value is -2.20. The first-order chi connectivity index (χ1) is 10.1. The normalized spacial score (nSPS) is 11.0. The van der Waals surface area contributed by atoms with Gasteiger partial charge in [0.05, 0.1) is 0 Å². The van der Waals surface area contributed by atoms with E-state index in [1.807, 2.05) is 42.5 Å². The van der Waals surface area contributed by atoms with Crippen LogP contribution in [-0.4, -0.2) is 9.67 Å². The molecule has 0 aliphatic rings. The van der Waals surface area contributed by atoms with E-state index in [-0.39, 0.29) is 11.3 Å². The largest absolute Gasteiger partial charge is 0.506 e. The van der Waals surface area contributed by atoms with E-state index in [2.05, 4.69) is 0 Å². The van der Waals surface area contributed by atoms with Crippen LogP contribution in [0.25, 0.3) is 10.8 Å². The molecule has 1 heterocycles. The number of fused-ring (bicyclic) bond motifs is 1. The average molecular weight is 297 g/mol. The Morgan fingerprint density at radius 1 is 1.05 bits per heavy atom. The van der Waals surface area contributed by atoms with Crippen LogP contribution < -0.4 is 5.56 Å². The highest BCUT2D eigenvalue weighted by Gasteiger charge is 2.12. The van der Waals surface area contributed by atoms with Crippen LogP contribution in [-0.2, 0) is 7.05 Å². The lowest BCUT2D eigenvalue weighted by molar-refractivity contribution is 0.455. The summed E-state index contributed by atoms with van der Waals surface area (Å²) in [5.74, 6) is 0.0359. The van der Waals surface area contributed by atoms with Crippen LogP contribution in [0.3, 0.4) is 0 Å². The van der Waals surface area contributed by atoms with Crippen LogP contribution in [0.2, 0.25) is 0 Å². The molecule has 0 bridgehead atoms. The fourth-order valence-electron chi connectivity index (χ4n) is 2.23. The van der Waals surface area contributed by atoms with Crippen molar-refractivity contribution in [1.29, 1.82) is 0 Å². The number of aryl methyl sites for hydroxylation is 1. The smallest absolute Gasteiger partial charge is 0.268 e. The van der Waals surface area contributed by atoms with Crippen LogP contribution >= 0.6 is 11.8 Å². The molecule has 3 rings (SSSR count). The molecule has 1 aromatic heterocycles. The first-order valence-electron chi connectivity index (χ1n) is 6.62. The second-order valence-corrected chi connectivity index (χ2v) is 6.06. The topological polar surface area (TPSA) is 42.2 Å². The van der Waals surface area contributed by atoms with Gasteiger partial charge in [-0.1, -0.05) is 42.1 Å². The van der Waals surface area contributed by atoms with Gasteiger partial charge >= 0.3 is 0 Å². The van der Waals surface area contributed by atoms with Gasteiger partial charge in [-0.25, -0.2) is 0 Å². The SMILES string of the molecule is Cc1cc(O)c(Sc2ccc3ccccc3c2)c(=O)n1C. The van der Waals surface area contributed by atoms with Gasteiger partial charge in [0.2, 0.25) is 0 Å². The minimum atomic E-state index is -0.175. The molecule has 2 aromatic carbocycles. The lowest BCUT2D eigenvalue weighted by Gasteiger charge is -2.09. The minimum absolute atomic E-state index is 0.0359. The molecule has 0 aliphatic heterocycles. The number of aromatic hydroxyl groups is 1. The number of hydrogen-bond donors (Lipinski definition) is 1. The molecule has 106 valence electrons. The molecule has 3 nitrogen and oxygen atoms in total. The molecule has 1 N–H and O–H groups in total. The first-order valence-corrected chi connectivity index (χ1v) is 7.44. The van der Waals surface area contributed by atoms with E-state index < -0.39 is 0 Å². The van der Waals surface area contributed by atoms with E-state index >= 15 is 0 Å². The Morgan fingerprint density at radius 2 is 1.76 bits per heavy atom. The van der Waals surface area contributed by atoms with Gasteiger partial charge in [-0.05, 0) is 29.8 Å². The molecule has 4 heteroatoms. The highest BCUT2D eigenvalue weighted by Crippen LogP contribution is 2.33. The van der Waals surface area contributed by atoms with E-state index in [9.17, 15) is 9.90 Å². The molecule has 0 atom stereocenters. The summed E-state index contributed by atoms with van der Waals surface area (Å²) < 4.78 is 1.54. The predicted molar refractivity (Wildman–Crippen MR) is 86.2 cm³/mol. The van der Waals surface area contributed by atoms with E-state index in [0.717, 1.165) is 21.4 Å². The van der Waals surface area contributed by atoms with Crippen molar-refractivity contribution in [3.8, 4) is 5.75 Å². The number of hydrogen-bond acceptors (Lipinski definition) is 3. The van der Waals surface area contributed by atoms with Gasteiger partial charge < -0.3 is 9.67 Å². The zero-order valence-electron chi connectivity index (χ0n) is 11.8. The molecule has 0 amide bonds. The Balaban J connectivity index is 2.06. The Bertz CT molecular complexity index is 884. The molecule has 0 radical (unpaired) electrons. The van der Waals surface area contributed by atoms with E-state index in [1.165, 1.54) is 11.8 Å².